The number of carbonyl (C=O) groups is 2. The number of amides is 2. The van der Waals surface area contributed by atoms with Gasteiger partial charge in [-0.3, -0.25) is 14.7 Å². The Morgan fingerprint density at radius 2 is 1.90 bits per heavy atom. The lowest BCUT2D eigenvalue weighted by Crippen LogP contribution is -2.24. The van der Waals surface area contributed by atoms with Crippen LogP contribution < -0.4 is 10.2 Å². The highest BCUT2D eigenvalue weighted by Gasteiger charge is 2.33. The van der Waals surface area contributed by atoms with E-state index in [0.717, 1.165) is 11.3 Å². The number of cyclic esters (lactones) is 1. The van der Waals surface area contributed by atoms with Gasteiger partial charge < -0.3 is 10.1 Å². The normalized spacial score (nSPS) is 15.8. The zero-order chi connectivity index (χ0) is 20.1. The van der Waals surface area contributed by atoms with Crippen LogP contribution in [0.2, 0.25) is 0 Å². The molecule has 1 saturated heterocycles. The molecule has 7 heteroatoms. The first-order valence-corrected chi connectivity index (χ1v) is 9.38. The van der Waals surface area contributed by atoms with Crippen LogP contribution in [0.25, 0.3) is 0 Å². The number of carbonyl (C=O) groups excluding carboxylic acids is 2. The van der Waals surface area contributed by atoms with E-state index in [1.807, 2.05) is 48.5 Å². The Kier molecular flexibility index (Phi) is 5.47. The van der Waals surface area contributed by atoms with Gasteiger partial charge >= 0.3 is 6.09 Å². The fourth-order valence-corrected chi connectivity index (χ4v) is 3.16. The average molecular weight is 388 g/mol. The molecular weight excluding hydrogens is 368 g/mol. The van der Waals surface area contributed by atoms with Gasteiger partial charge in [-0.2, -0.15) is 0 Å². The third-order valence-electron chi connectivity index (χ3n) is 4.64. The Labute approximate surface area is 168 Å². The van der Waals surface area contributed by atoms with Crippen molar-refractivity contribution >= 4 is 23.5 Å². The summed E-state index contributed by atoms with van der Waals surface area (Å²) in [6.07, 6.45) is 3.36. The molecule has 0 bridgehead atoms. The minimum atomic E-state index is -0.419. The summed E-state index contributed by atoms with van der Waals surface area (Å²) in [5.74, 6) is 0.232. The third-order valence-corrected chi connectivity index (χ3v) is 4.64. The van der Waals surface area contributed by atoms with Crippen molar-refractivity contribution in [2.75, 3.05) is 16.8 Å². The fourth-order valence-electron chi connectivity index (χ4n) is 3.16. The van der Waals surface area contributed by atoms with Gasteiger partial charge in [0.2, 0.25) is 5.91 Å². The van der Waals surface area contributed by atoms with Crippen molar-refractivity contribution in [1.82, 2.24) is 9.97 Å². The molecule has 1 aromatic carbocycles. The number of hydrogen-bond donors (Lipinski definition) is 1. The number of aryl methyl sites for hydroxylation is 1. The van der Waals surface area contributed by atoms with Crippen molar-refractivity contribution in [2.45, 2.75) is 18.9 Å². The molecule has 1 N–H and O–H groups in total. The summed E-state index contributed by atoms with van der Waals surface area (Å²) in [7, 11) is 0. The number of anilines is 2. The van der Waals surface area contributed by atoms with Crippen molar-refractivity contribution in [2.24, 2.45) is 0 Å². The first-order valence-electron chi connectivity index (χ1n) is 9.38. The summed E-state index contributed by atoms with van der Waals surface area (Å²) < 4.78 is 5.50. The summed E-state index contributed by atoms with van der Waals surface area (Å²) in [6.45, 7) is 0.403. The number of aromatic nitrogens is 2. The fraction of sp³-hybridized carbons (Fsp3) is 0.182. The molecule has 2 aromatic heterocycles. The van der Waals surface area contributed by atoms with Crippen LogP contribution >= 0.6 is 0 Å². The molecule has 3 heterocycles. The molecule has 2 amide bonds. The maximum absolute atomic E-state index is 12.3. The monoisotopic (exact) mass is 388 g/mol. The van der Waals surface area contributed by atoms with Gasteiger partial charge in [-0.15, -0.1) is 0 Å². The summed E-state index contributed by atoms with van der Waals surface area (Å²) in [5.41, 5.74) is 2.43. The summed E-state index contributed by atoms with van der Waals surface area (Å²) in [6, 6.07) is 18.6. The smallest absolute Gasteiger partial charge is 0.415 e. The molecule has 0 saturated carbocycles. The lowest BCUT2D eigenvalue weighted by molar-refractivity contribution is -0.116. The second-order valence-electron chi connectivity index (χ2n) is 6.66. The molecule has 1 unspecified atom stereocenters. The number of nitrogens with zero attached hydrogens (tertiary/aromatic N) is 3. The minimum absolute atomic E-state index is 0.161. The number of nitrogens with one attached hydrogen (secondary N) is 1. The van der Waals surface area contributed by atoms with Crippen molar-refractivity contribution in [3.63, 3.8) is 0 Å². The van der Waals surface area contributed by atoms with E-state index in [0.29, 0.717) is 30.9 Å². The zero-order valence-corrected chi connectivity index (χ0v) is 15.7. The van der Waals surface area contributed by atoms with Gasteiger partial charge in [0.1, 0.15) is 11.9 Å². The van der Waals surface area contributed by atoms with Crippen LogP contribution in [0.5, 0.6) is 0 Å². The van der Waals surface area contributed by atoms with E-state index in [1.165, 1.54) is 0 Å². The highest BCUT2D eigenvalue weighted by atomic mass is 16.6. The van der Waals surface area contributed by atoms with Crippen molar-refractivity contribution < 1.29 is 14.3 Å². The van der Waals surface area contributed by atoms with E-state index < -0.39 is 6.09 Å². The van der Waals surface area contributed by atoms with Crippen molar-refractivity contribution in [3.05, 3.63) is 84.3 Å². The van der Waals surface area contributed by atoms with Gasteiger partial charge in [0, 0.05) is 30.6 Å². The number of pyridine rings is 2. The van der Waals surface area contributed by atoms with E-state index in [9.17, 15) is 9.59 Å². The molecular formula is C22H20N4O3. The molecule has 1 fully saturated rings. The van der Waals surface area contributed by atoms with Crippen LogP contribution in [0.3, 0.4) is 0 Å². The van der Waals surface area contributed by atoms with E-state index in [2.05, 4.69) is 15.3 Å². The van der Waals surface area contributed by atoms with Gasteiger partial charge in [0.25, 0.3) is 0 Å². The molecule has 3 aromatic rings. The second-order valence-corrected chi connectivity index (χ2v) is 6.66. The molecule has 1 atom stereocenters. The molecule has 7 nitrogen and oxygen atoms in total. The van der Waals surface area contributed by atoms with Crippen LogP contribution in [0, 0.1) is 0 Å². The Morgan fingerprint density at radius 3 is 2.69 bits per heavy atom. The third kappa shape index (κ3) is 4.57. The van der Waals surface area contributed by atoms with E-state index in [1.54, 1.807) is 29.4 Å². The van der Waals surface area contributed by atoms with Crippen LogP contribution in [0.1, 0.15) is 23.8 Å². The average Bonchev–Trinajstić information content (AvgIpc) is 3.15. The molecule has 0 spiro atoms. The van der Waals surface area contributed by atoms with Crippen molar-refractivity contribution in [1.29, 1.82) is 0 Å². The second kappa shape index (κ2) is 8.52. The number of benzene rings is 1. The highest BCUT2D eigenvalue weighted by molar-refractivity contribution is 5.93. The number of ether oxygens (including phenoxy) is 1. The lowest BCUT2D eigenvalue weighted by atomic mass is 10.1. The van der Waals surface area contributed by atoms with Gasteiger partial charge in [0.05, 0.1) is 12.2 Å². The lowest BCUT2D eigenvalue weighted by Gasteiger charge is -2.14. The van der Waals surface area contributed by atoms with E-state index in [4.69, 9.17) is 4.74 Å². The Balaban J connectivity index is 1.39. The first kappa shape index (κ1) is 18.6. The van der Waals surface area contributed by atoms with Gasteiger partial charge in [0.15, 0.2) is 0 Å². The molecule has 1 aliphatic rings. The minimum Gasteiger partial charge on any atom is -0.439 e. The molecule has 4 rings (SSSR count). The molecule has 0 radical (unpaired) electrons. The topological polar surface area (TPSA) is 84.4 Å². The van der Waals surface area contributed by atoms with E-state index >= 15 is 0 Å². The molecule has 1 aliphatic heterocycles. The maximum atomic E-state index is 12.3. The first-order chi connectivity index (χ1) is 14.2. The van der Waals surface area contributed by atoms with Gasteiger partial charge in [-0.05, 0) is 30.2 Å². The van der Waals surface area contributed by atoms with Gasteiger partial charge in [-0.1, -0.05) is 36.4 Å². The quantitative estimate of drug-likeness (QED) is 0.695. The standard InChI is InChI=1S/C22H20N4O3/c27-21(10-9-17-8-4-5-12-23-17)25-20-14-18(11-13-24-20)26-15-19(29-22(26)28)16-6-2-1-3-7-16/h1-8,11-14,19H,9-10,15H2,(H,24,25,27). The Bertz CT molecular complexity index is 995. The SMILES string of the molecule is O=C(CCc1ccccn1)Nc1cc(N2CC(c3ccccc3)OC2=O)ccn1. The summed E-state index contributed by atoms with van der Waals surface area (Å²) in [4.78, 5) is 34.5. The van der Waals surface area contributed by atoms with Crippen LogP contribution in [0.4, 0.5) is 16.3 Å². The molecule has 146 valence electrons. The van der Waals surface area contributed by atoms with E-state index in [-0.39, 0.29) is 12.0 Å². The zero-order valence-electron chi connectivity index (χ0n) is 15.7. The predicted molar refractivity (Wildman–Crippen MR) is 108 cm³/mol. The predicted octanol–water partition coefficient (Wildman–Crippen LogP) is 3.75. The van der Waals surface area contributed by atoms with Crippen LogP contribution in [-0.4, -0.2) is 28.5 Å². The number of hydrogen-bond acceptors (Lipinski definition) is 5. The summed E-state index contributed by atoms with van der Waals surface area (Å²) >= 11 is 0. The Morgan fingerprint density at radius 1 is 1.07 bits per heavy atom. The highest BCUT2D eigenvalue weighted by Crippen LogP contribution is 2.30. The van der Waals surface area contributed by atoms with Gasteiger partial charge in [-0.25, -0.2) is 9.78 Å². The van der Waals surface area contributed by atoms with Crippen LogP contribution in [-0.2, 0) is 16.0 Å². The molecule has 29 heavy (non-hydrogen) atoms. The van der Waals surface area contributed by atoms with Crippen LogP contribution in [0.15, 0.2) is 73.1 Å². The van der Waals surface area contributed by atoms with Crippen molar-refractivity contribution in [3.8, 4) is 0 Å². The maximum Gasteiger partial charge on any atom is 0.415 e. The Hall–Kier alpha value is -3.74. The number of rotatable bonds is 6. The largest absolute Gasteiger partial charge is 0.439 e. The summed E-state index contributed by atoms with van der Waals surface area (Å²) in [5, 5.41) is 2.78. The molecule has 0 aliphatic carbocycles.